The molecule has 0 aliphatic heterocycles. The first-order chi connectivity index (χ1) is 29.4. The van der Waals surface area contributed by atoms with E-state index in [1.807, 2.05) is 12.2 Å². The number of allylic oxidation sites excluding steroid dienone is 10. The third-order valence-corrected chi connectivity index (χ3v) is 11.3. The lowest BCUT2D eigenvalue weighted by molar-refractivity contribution is -0.220. The first-order valence-electron chi connectivity index (χ1n) is 23.1. The van der Waals surface area contributed by atoms with Crippen LogP contribution in [0.15, 0.2) is 60.8 Å². The molecule has 352 valence electrons. The molecule has 1 aliphatic carbocycles. The molecule has 0 spiro atoms. The molecule has 0 bridgehead atoms. The average Bonchev–Trinajstić information content (AvgIpc) is 3.24. The number of phosphoric acid groups is 1. The molecule has 13 nitrogen and oxygen atoms in total. The van der Waals surface area contributed by atoms with Crippen molar-refractivity contribution in [1.29, 1.82) is 0 Å². The van der Waals surface area contributed by atoms with E-state index in [9.17, 15) is 44.6 Å². The number of carbonyl (C=O) groups is 2. The molecule has 0 heterocycles. The van der Waals surface area contributed by atoms with Crippen molar-refractivity contribution in [1.82, 2.24) is 0 Å². The Morgan fingerprint density at radius 3 is 1.46 bits per heavy atom. The highest BCUT2D eigenvalue weighted by atomic mass is 31.2. The van der Waals surface area contributed by atoms with Gasteiger partial charge in [0.2, 0.25) is 0 Å². The van der Waals surface area contributed by atoms with Crippen molar-refractivity contribution in [3.05, 3.63) is 60.8 Å². The number of rotatable bonds is 37. The molecule has 6 N–H and O–H groups in total. The molecule has 0 radical (unpaired) electrons. The van der Waals surface area contributed by atoms with E-state index in [0.717, 1.165) is 57.8 Å². The van der Waals surface area contributed by atoms with E-state index >= 15 is 0 Å². The summed E-state index contributed by atoms with van der Waals surface area (Å²) in [5, 5.41) is 50.1. The largest absolute Gasteiger partial charge is 0.472 e. The quantitative estimate of drug-likeness (QED) is 0.0149. The normalized spacial score (nSPS) is 22.6. The number of hydrogen-bond donors (Lipinski definition) is 6. The van der Waals surface area contributed by atoms with Gasteiger partial charge in [0.15, 0.2) is 6.10 Å². The van der Waals surface area contributed by atoms with Gasteiger partial charge >= 0.3 is 19.8 Å². The van der Waals surface area contributed by atoms with Gasteiger partial charge in [0.1, 0.15) is 43.2 Å². The van der Waals surface area contributed by atoms with Gasteiger partial charge in [-0.3, -0.25) is 18.6 Å². The van der Waals surface area contributed by atoms with Gasteiger partial charge in [0, 0.05) is 12.8 Å². The lowest BCUT2D eigenvalue weighted by Gasteiger charge is -2.41. The molecule has 6 unspecified atom stereocenters. The van der Waals surface area contributed by atoms with E-state index in [1.54, 1.807) is 0 Å². The number of phosphoric ester groups is 1. The Labute approximate surface area is 366 Å². The van der Waals surface area contributed by atoms with Gasteiger partial charge in [-0.05, 0) is 70.6 Å². The Morgan fingerprint density at radius 2 is 0.918 bits per heavy atom. The molecule has 0 amide bonds. The molecule has 1 fully saturated rings. The van der Waals surface area contributed by atoms with Gasteiger partial charge < -0.3 is 39.9 Å². The van der Waals surface area contributed by atoms with Crippen LogP contribution in [0.25, 0.3) is 0 Å². The molecular formula is C47H81O13P. The fourth-order valence-corrected chi connectivity index (χ4v) is 7.53. The second-order valence-corrected chi connectivity index (χ2v) is 17.3. The summed E-state index contributed by atoms with van der Waals surface area (Å²) >= 11 is 0. The van der Waals surface area contributed by atoms with Crippen molar-refractivity contribution in [3.8, 4) is 0 Å². The van der Waals surface area contributed by atoms with E-state index in [-0.39, 0.29) is 12.8 Å². The van der Waals surface area contributed by atoms with Crippen LogP contribution in [0.4, 0.5) is 0 Å². The molecule has 0 aromatic heterocycles. The van der Waals surface area contributed by atoms with Gasteiger partial charge in [-0.15, -0.1) is 0 Å². The third kappa shape index (κ3) is 29.5. The molecule has 0 aromatic carbocycles. The smallest absolute Gasteiger partial charge is 0.462 e. The minimum atomic E-state index is -5.13. The van der Waals surface area contributed by atoms with E-state index in [0.29, 0.717) is 19.3 Å². The second kappa shape index (κ2) is 37.0. The Bertz CT molecular complexity index is 1300. The van der Waals surface area contributed by atoms with Crippen LogP contribution in [0.3, 0.4) is 0 Å². The zero-order chi connectivity index (χ0) is 45.0. The maximum Gasteiger partial charge on any atom is 0.472 e. The molecule has 0 saturated heterocycles. The maximum absolute atomic E-state index is 12.8. The van der Waals surface area contributed by atoms with E-state index in [4.69, 9.17) is 18.5 Å². The van der Waals surface area contributed by atoms with Crippen molar-refractivity contribution < 1.29 is 63.1 Å². The topological polar surface area (TPSA) is 210 Å². The molecule has 1 rings (SSSR count). The Kier molecular flexibility index (Phi) is 34.3. The average molecular weight is 885 g/mol. The molecule has 8 atom stereocenters. The second-order valence-electron chi connectivity index (χ2n) is 15.9. The van der Waals surface area contributed by atoms with Crippen LogP contribution < -0.4 is 0 Å². The molecule has 1 aliphatic rings. The monoisotopic (exact) mass is 885 g/mol. The van der Waals surface area contributed by atoms with Crippen LogP contribution in [0.5, 0.6) is 0 Å². The zero-order valence-corrected chi connectivity index (χ0v) is 38.1. The molecule has 1 saturated carbocycles. The minimum absolute atomic E-state index is 0.0805. The molecule has 0 aromatic rings. The summed E-state index contributed by atoms with van der Waals surface area (Å²) in [6.07, 6.45) is 31.3. The predicted molar refractivity (Wildman–Crippen MR) is 239 cm³/mol. The first kappa shape index (κ1) is 56.6. The first-order valence-corrected chi connectivity index (χ1v) is 24.6. The summed E-state index contributed by atoms with van der Waals surface area (Å²) in [6, 6.07) is 0. The number of esters is 2. The lowest BCUT2D eigenvalue weighted by Crippen LogP contribution is -2.64. The van der Waals surface area contributed by atoms with Crippen molar-refractivity contribution >= 4 is 19.8 Å². The van der Waals surface area contributed by atoms with Crippen LogP contribution in [0.2, 0.25) is 0 Å². The lowest BCUT2D eigenvalue weighted by atomic mass is 9.85. The number of aliphatic hydroxyl groups excluding tert-OH is 5. The van der Waals surface area contributed by atoms with Crippen LogP contribution in [0, 0.1) is 0 Å². The molecular weight excluding hydrogens is 803 g/mol. The van der Waals surface area contributed by atoms with Gasteiger partial charge in [-0.1, -0.05) is 145 Å². The van der Waals surface area contributed by atoms with Crippen LogP contribution in [-0.2, 0) is 32.7 Å². The summed E-state index contributed by atoms with van der Waals surface area (Å²) in [5.74, 6) is -1.17. The fourth-order valence-electron chi connectivity index (χ4n) is 6.55. The summed E-state index contributed by atoms with van der Waals surface area (Å²) in [5.41, 5.74) is 0. The van der Waals surface area contributed by atoms with Crippen molar-refractivity contribution in [2.24, 2.45) is 0 Å². The van der Waals surface area contributed by atoms with E-state index < -0.39 is 75.7 Å². The molecule has 14 heteroatoms. The van der Waals surface area contributed by atoms with Crippen LogP contribution >= 0.6 is 7.82 Å². The predicted octanol–water partition coefficient (Wildman–Crippen LogP) is 8.94. The Hall–Kier alpha value is -2.45. The highest BCUT2D eigenvalue weighted by Gasteiger charge is 2.51. The highest BCUT2D eigenvalue weighted by Crippen LogP contribution is 2.47. The SMILES string of the molecule is CCCC/C=C/CCCCCCCCCCCC(=O)O[C@@H](COC(=O)CCC/C=C/C/C=C/C/C=C/C/C=C/CCCCC)COP(=O)(O)OC1C(O)C(O)C(O)[C@H](O)C1O. The highest BCUT2D eigenvalue weighted by molar-refractivity contribution is 7.47. The standard InChI is InChI=1S/C47H81O13P/c1-3-5-7-9-11-13-15-17-19-20-22-23-25-27-29-31-33-35-40(48)57-37-39(38-58-61(55,56)60-47-45(53)43(51)42(50)44(52)46(47)54)59-41(49)36-34-32-30-28-26-24-21-18-16-14-12-10-8-6-4-2/h10-13,17,19,22-23,27,29,39,42-47,50-54H,3-9,14-16,18,20-21,24-26,28,30-38H2,1-2H3,(H,55,56)/b12-10+,13-11+,19-17+,23-22+,29-27+/t39-,42?,43-,44?,45?,46?,47?/m0/s1. The van der Waals surface area contributed by atoms with Crippen molar-refractivity contribution in [2.75, 3.05) is 13.2 Å². The van der Waals surface area contributed by atoms with E-state index in [2.05, 4.69) is 62.5 Å². The molecule has 61 heavy (non-hydrogen) atoms. The summed E-state index contributed by atoms with van der Waals surface area (Å²) in [4.78, 5) is 35.7. The summed E-state index contributed by atoms with van der Waals surface area (Å²) < 4.78 is 33.5. The summed E-state index contributed by atoms with van der Waals surface area (Å²) in [6.45, 7) is 3.18. The van der Waals surface area contributed by atoms with Gasteiger partial charge in [0.05, 0.1) is 6.61 Å². The minimum Gasteiger partial charge on any atom is -0.462 e. The van der Waals surface area contributed by atoms with Crippen molar-refractivity contribution in [3.63, 3.8) is 0 Å². The number of aliphatic hydroxyl groups is 5. The summed E-state index contributed by atoms with van der Waals surface area (Å²) in [7, 11) is -5.13. The number of hydrogen-bond acceptors (Lipinski definition) is 12. The Morgan fingerprint density at radius 1 is 0.508 bits per heavy atom. The zero-order valence-electron chi connectivity index (χ0n) is 37.2. The van der Waals surface area contributed by atoms with Crippen LogP contribution in [0.1, 0.15) is 168 Å². The van der Waals surface area contributed by atoms with Gasteiger partial charge in [-0.2, -0.15) is 0 Å². The van der Waals surface area contributed by atoms with Gasteiger partial charge in [-0.25, -0.2) is 4.57 Å². The van der Waals surface area contributed by atoms with Gasteiger partial charge in [0.25, 0.3) is 0 Å². The third-order valence-electron chi connectivity index (χ3n) is 10.3. The maximum atomic E-state index is 12.8. The number of unbranched alkanes of at least 4 members (excludes halogenated alkanes) is 15. The van der Waals surface area contributed by atoms with E-state index in [1.165, 1.54) is 64.2 Å². The number of ether oxygens (including phenoxy) is 2. The van der Waals surface area contributed by atoms with Crippen molar-refractivity contribution in [2.45, 2.75) is 211 Å². The number of carbonyl (C=O) groups excluding carboxylic acids is 2. The Balaban J connectivity index is 2.51. The van der Waals surface area contributed by atoms with Crippen LogP contribution in [-0.4, -0.2) is 98.3 Å². The fraction of sp³-hybridized carbons (Fsp3) is 0.745.